The maximum Gasteiger partial charge on any atom is 0.0613 e. The highest BCUT2D eigenvalue weighted by Crippen LogP contribution is 2.09. The van der Waals surface area contributed by atoms with Crippen molar-refractivity contribution >= 4 is 0 Å². The molecular formula is C15H25NO. The average Bonchev–Trinajstić information content (AvgIpc) is 2.28. The Balaban J connectivity index is 2.40. The number of ether oxygens (including phenoxy) is 1. The molecule has 0 aliphatic carbocycles. The number of rotatable bonds is 7. The van der Waals surface area contributed by atoms with Gasteiger partial charge in [-0.25, -0.2) is 0 Å². The Hall–Kier alpha value is -0.860. The number of methoxy groups -OCH3 is 1. The van der Waals surface area contributed by atoms with Crippen LogP contribution in [0.25, 0.3) is 0 Å². The zero-order valence-corrected chi connectivity index (χ0v) is 11.5. The highest BCUT2D eigenvalue weighted by Gasteiger charge is 2.01. The molecule has 1 rings (SSSR count). The van der Waals surface area contributed by atoms with E-state index in [-0.39, 0.29) is 0 Å². The molecule has 17 heavy (non-hydrogen) atoms. The lowest BCUT2D eigenvalue weighted by atomic mass is 10.0. The van der Waals surface area contributed by atoms with Crippen LogP contribution in [-0.4, -0.2) is 19.8 Å². The summed E-state index contributed by atoms with van der Waals surface area (Å²) in [5.74, 6) is 0.723. The van der Waals surface area contributed by atoms with Crippen molar-refractivity contribution in [1.29, 1.82) is 0 Å². The first kappa shape index (κ1) is 14.2. The van der Waals surface area contributed by atoms with Gasteiger partial charge in [-0.15, -0.1) is 0 Å². The third kappa shape index (κ3) is 5.85. The second-order valence-electron chi connectivity index (χ2n) is 5.15. The second-order valence-corrected chi connectivity index (χ2v) is 5.15. The third-order valence-corrected chi connectivity index (χ3v) is 2.74. The van der Waals surface area contributed by atoms with Gasteiger partial charge in [0.15, 0.2) is 0 Å². The summed E-state index contributed by atoms with van der Waals surface area (Å²) in [6, 6.07) is 9.29. The molecule has 0 aliphatic rings. The zero-order chi connectivity index (χ0) is 12.7. The van der Waals surface area contributed by atoms with Crippen molar-refractivity contribution < 1.29 is 4.74 Å². The van der Waals surface area contributed by atoms with E-state index in [0.29, 0.717) is 6.04 Å². The van der Waals surface area contributed by atoms with Crippen LogP contribution in [0.3, 0.4) is 0 Å². The predicted molar refractivity (Wildman–Crippen MR) is 73.2 cm³/mol. The molecule has 1 N–H and O–H groups in total. The fourth-order valence-corrected chi connectivity index (χ4v) is 1.87. The van der Waals surface area contributed by atoms with Gasteiger partial charge in [0.2, 0.25) is 0 Å². The van der Waals surface area contributed by atoms with Gasteiger partial charge in [-0.05, 0) is 30.4 Å². The molecule has 1 aromatic carbocycles. The summed E-state index contributed by atoms with van der Waals surface area (Å²) in [5, 5.41) is 3.44. The molecule has 0 radical (unpaired) electrons. The lowest BCUT2D eigenvalue weighted by Crippen LogP contribution is -2.29. The summed E-state index contributed by atoms with van der Waals surface area (Å²) < 4.78 is 5.09. The first-order chi connectivity index (χ1) is 8.11. The van der Waals surface area contributed by atoms with Gasteiger partial charge in [-0.1, -0.05) is 38.1 Å². The first-order valence-corrected chi connectivity index (χ1v) is 6.42. The standard InChI is InChI=1S/C15H25NO/c1-12(2)9-14-5-7-15(8-6-14)10-16-13(3)11-17-4/h5-8,12-13,16H,9-11H2,1-4H3. The summed E-state index contributed by atoms with van der Waals surface area (Å²) in [4.78, 5) is 0. The van der Waals surface area contributed by atoms with E-state index in [2.05, 4.69) is 50.4 Å². The van der Waals surface area contributed by atoms with Crippen LogP contribution in [-0.2, 0) is 17.7 Å². The van der Waals surface area contributed by atoms with Crippen molar-refractivity contribution in [1.82, 2.24) is 5.32 Å². The molecule has 1 unspecified atom stereocenters. The van der Waals surface area contributed by atoms with Crippen molar-refractivity contribution in [3.63, 3.8) is 0 Å². The summed E-state index contributed by atoms with van der Waals surface area (Å²) >= 11 is 0. The highest BCUT2D eigenvalue weighted by atomic mass is 16.5. The minimum atomic E-state index is 0.398. The van der Waals surface area contributed by atoms with E-state index in [0.717, 1.165) is 25.5 Å². The molecule has 0 saturated carbocycles. The smallest absolute Gasteiger partial charge is 0.0613 e. The van der Waals surface area contributed by atoms with Gasteiger partial charge < -0.3 is 10.1 Å². The third-order valence-electron chi connectivity index (χ3n) is 2.74. The molecule has 0 spiro atoms. The number of hydrogen-bond acceptors (Lipinski definition) is 2. The molecule has 2 nitrogen and oxygen atoms in total. The van der Waals surface area contributed by atoms with Gasteiger partial charge in [-0.3, -0.25) is 0 Å². The Kier molecular flexibility index (Phi) is 6.23. The first-order valence-electron chi connectivity index (χ1n) is 6.42. The Labute approximate surface area is 105 Å². The average molecular weight is 235 g/mol. The molecule has 0 aromatic heterocycles. The lowest BCUT2D eigenvalue weighted by Gasteiger charge is -2.13. The zero-order valence-electron chi connectivity index (χ0n) is 11.5. The van der Waals surface area contributed by atoms with Crippen LogP contribution in [0.2, 0.25) is 0 Å². The van der Waals surface area contributed by atoms with Crippen molar-refractivity contribution in [3.05, 3.63) is 35.4 Å². The Morgan fingerprint density at radius 2 is 1.65 bits per heavy atom. The van der Waals surface area contributed by atoms with E-state index < -0.39 is 0 Å². The van der Waals surface area contributed by atoms with Gasteiger partial charge >= 0.3 is 0 Å². The normalized spacial score (nSPS) is 13.0. The molecule has 0 aliphatic heterocycles. The molecule has 1 atom stereocenters. The number of nitrogens with one attached hydrogen (secondary N) is 1. The molecule has 1 aromatic rings. The van der Waals surface area contributed by atoms with Gasteiger partial charge in [-0.2, -0.15) is 0 Å². The molecular weight excluding hydrogens is 210 g/mol. The number of benzene rings is 1. The maximum absolute atomic E-state index is 5.09. The lowest BCUT2D eigenvalue weighted by molar-refractivity contribution is 0.171. The quantitative estimate of drug-likeness (QED) is 0.784. The van der Waals surface area contributed by atoms with Gasteiger partial charge in [0.25, 0.3) is 0 Å². The molecule has 96 valence electrons. The molecule has 0 saturated heterocycles. The van der Waals surface area contributed by atoms with Gasteiger partial charge in [0, 0.05) is 19.7 Å². The van der Waals surface area contributed by atoms with Crippen molar-refractivity contribution in [2.24, 2.45) is 5.92 Å². The van der Waals surface area contributed by atoms with Crippen molar-refractivity contribution in [2.45, 2.75) is 39.8 Å². The SMILES string of the molecule is COCC(C)NCc1ccc(CC(C)C)cc1. The summed E-state index contributed by atoms with van der Waals surface area (Å²) in [6.07, 6.45) is 1.16. The van der Waals surface area contributed by atoms with Gasteiger partial charge in [0.1, 0.15) is 0 Å². The summed E-state index contributed by atoms with van der Waals surface area (Å²) in [6.45, 7) is 8.30. The largest absolute Gasteiger partial charge is 0.383 e. The maximum atomic E-state index is 5.09. The van der Waals surface area contributed by atoms with E-state index in [1.54, 1.807) is 7.11 Å². The minimum Gasteiger partial charge on any atom is -0.383 e. The van der Waals surface area contributed by atoms with Crippen LogP contribution < -0.4 is 5.32 Å². The molecule has 0 fully saturated rings. The van der Waals surface area contributed by atoms with Crippen LogP contribution in [0.5, 0.6) is 0 Å². The Bertz CT molecular complexity index is 305. The van der Waals surface area contributed by atoms with Crippen molar-refractivity contribution in [3.8, 4) is 0 Å². The monoisotopic (exact) mass is 235 g/mol. The van der Waals surface area contributed by atoms with Crippen LogP contribution in [0, 0.1) is 5.92 Å². The van der Waals surface area contributed by atoms with Crippen LogP contribution >= 0.6 is 0 Å². The second kappa shape index (κ2) is 7.46. The number of hydrogen-bond donors (Lipinski definition) is 1. The fraction of sp³-hybridized carbons (Fsp3) is 0.600. The van der Waals surface area contributed by atoms with Crippen LogP contribution in [0.1, 0.15) is 31.9 Å². The highest BCUT2D eigenvalue weighted by molar-refractivity contribution is 5.22. The summed E-state index contributed by atoms with van der Waals surface area (Å²) in [7, 11) is 1.74. The predicted octanol–water partition coefficient (Wildman–Crippen LogP) is 3.01. The molecule has 0 amide bonds. The molecule has 2 heteroatoms. The van der Waals surface area contributed by atoms with Crippen molar-refractivity contribution in [2.75, 3.05) is 13.7 Å². The Morgan fingerprint density at radius 1 is 1.06 bits per heavy atom. The molecule has 0 heterocycles. The topological polar surface area (TPSA) is 21.3 Å². The van der Waals surface area contributed by atoms with E-state index in [4.69, 9.17) is 4.74 Å². The van der Waals surface area contributed by atoms with Gasteiger partial charge in [0.05, 0.1) is 6.61 Å². The van der Waals surface area contributed by atoms with Crippen LogP contribution in [0.15, 0.2) is 24.3 Å². The van der Waals surface area contributed by atoms with E-state index in [1.165, 1.54) is 11.1 Å². The summed E-state index contributed by atoms with van der Waals surface area (Å²) in [5.41, 5.74) is 2.76. The molecule has 0 bridgehead atoms. The minimum absolute atomic E-state index is 0.398. The van der Waals surface area contributed by atoms with E-state index in [1.807, 2.05) is 0 Å². The van der Waals surface area contributed by atoms with Crippen LogP contribution in [0.4, 0.5) is 0 Å². The van der Waals surface area contributed by atoms with E-state index in [9.17, 15) is 0 Å². The van der Waals surface area contributed by atoms with E-state index >= 15 is 0 Å². The fourth-order valence-electron chi connectivity index (χ4n) is 1.87. The Morgan fingerprint density at radius 3 is 2.18 bits per heavy atom.